The molecule has 0 saturated carbocycles. The van der Waals surface area contributed by atoms with Crippen molar-refractivity contribution in [2.24, 2.45) is 0 Å². The second-order valence-electron chi connectivity index (χ2n) is 3.78. The van der Waals surface area contributed by atoms with Crippen LogP contribution in [0.25, 0.3) is 0 Å². The van der Waals surface area contributed by atoms with Gasteiger partial charge in [0, 0.05) is 15.7 Å². The Morgan fingerprint density at radius 1 is 1.18 bits per heavy atom. The van der Waals surface area contributed by atoms with Crippen molar-refractivity contribution in [3.8, 4) is 0 Å². The molecule has 0 radical (unpaired) electrons. The number of nitrogens with zero attached hydrogens (tertiary/aromatic N) is 1. The fourth-order valence-corrected chi connectivity index (χ4v) is 2.42. The summed E-state index contributed by atoms with van der Waals surface area (Å²) in [7, 11) is 0. The van der Waals surface area contributed by atoms with E-state index >= 15 is 0 Å². The largest absolute Gasteiger partial charge is 0.383 e. The summed E-state index contributed by atoms with van der Waals surface area (Å²) in [5, 5.41) is 0.779. The Kier molecular flexibility index (Phi) is 4.02. The van der Waals surface area contributed by atoms with Gasteiger partial charge in [-0.05, 0) is 42.2 Å². The summed E-state index contributed by atoms with van der Waals surface area (Å²) in [5.41, 5.74) is 7.98. The first kappa shape index (κ1) is 12.4. The maximum Gasteiger partial charge on any atom is 0.126 e. The van der Waals surface area contributed by atoms with Gasteiger partial charge in [-0.15, -0.1) is 0 Å². The SMILES string of the molecule is Nc1ncccc1CCc1ccc(Br)cc1Cl. The Morgan fingerprint density at radius 2 is 1.94 bits per heavy atom. The van der Waals surface area contributed by atoms with Crippen LogP contribution in [0.5, 0.6) is 0 Å². The molecule has 0 aliphatic heterocycles. The predicted molar refractivity (Wildman–Crippen MR) is 75.2 cm³/mol. The minimum atomic E-state index is 0.598. The number of aromatic nitrogens is 1. The first-order valence-electron chi connectivity index (χ1n) is 5.30. The van der Waals surface area contributed by atoms with Crippen molar-refractivity contribution in [1.29, 1.82) is 0 Å². The molecule has 0 aliphatic carbocycles. The zero-order chi connectivity index (χ0) is 12.3. The summed E-state index contributed by atoms with van der Waals surface area (Å²) in [4.78, 5) is 4.07. The number of aryl methyl sites for hydroxylation is 2. The zero-order valence-corrected chi connectivity index (χ0v) is 11.5. The van der Waals surface area contributed by atoms with Crippen LogP contribution in [-0.2, 0) is 12.8 Å². The number of halogens is 2. The average molecular weight is 312 g/mol. The molecular weight excluding hydrogens is 300 g/mol. The molecule has 2 nitrogen and oxygen atoms in total. The molecule has 0 bridgehead atoms. The molecule has 2 rings (SSSR count). The molecule has 2 N–H and O–H groups in total. The fraction of sp³-hybridized carbons (Fsp3) is 0.154. The van der Waals surface area contributed by atoms with E-state index in [1.165, 1.54) is 0 Å². The lowest BCUT2D eigenvalue weighted by Gasteiger charge is -2.06. The lowest BCUT2D eigenvalue weighted by molar-refractivity contribution is 0.954. The van der Waals surface area contributed by atoms with Gasteiger partial charge in [0.2, 0.25) is 0 Å². The van der Waals surface area contributed by atoms with E-state index in [1.807, 2.05) is 30.3 Å². The van der Waals surface area contributed by atoms with Crippen molar-refractivity contribution in [3.63, 3.8) is 0 Å². The summed E-state index contributed by atoms with van der Waals surface area (Å²) in [6.07, 6.45) is 3.41. The molecule has 0 amide bonds. The van der Waals surface area contributed by atoms with Crippen LogP contribution in [0.4, 0.5) is 5.82 Å². The highest BCUT2D eigenvalue weighted by Gasteiger charge is 2.04. The second kappa shape index (κ2) is 5.52. The molecule has 0 aliphatic rings. The van der Waals surface area contributed by atoms with E-state index in [9.17, 15) is 0 Å². The summed E-state index contributed by atoms with van der Waals surface area (Å²) in [5.74, 6) is 0.598. The fourth-order valence-electron chi connectivity index (χ4n) is 1.66. The van der Waals surface area contributed by atoms with E-state index in [2.05, 4.69) is 20.9 Å². The molecule has 0 unspecified atom stereocenters. The third-order valence-electron chi connectivity index (χ3n) is 2.60. The number of hydrogen-bond donors (Lipinski definition) is 1. The van der Waals surface area contributed by atoms with Crippen LogP contribution < -0.4 is 5.73 Å². The molecule has 0 spiro atoms. The third kappa shape index (κ3) is 3.20. The van der Waals surface area contributed by atoms with Crippen molar-refractivity contribution in [2.45, 2.75) is 12.8 Å². The second-order valence-corrected chi connectivity index (χ2v) is 5.11. The highest BCUT2D eigenvalue weighted by Crippen LogP contribution is 2.23. The minimum Gasteiger partial charge on any atom is -0.383 e. The predicted octanol–water partition coefficient (Wildman–Crippen LogP) is 3.86. The van der Waals surface area contributed by atoms with E-state index in [0.29, 0.717) is 5.82 Å². The lowest BCUT2D eigenvalue weighted by atomic mass is 10.1. The number of nitrogens with two attached hydrogens (primary N) is 1. The average Bonchev–Trinajstić information content (AvgIpc) is 2.30. The molecule has 17 heavy (non-hydrogen) atoms. The van der Waals surface area contributed by atoms with Crippen LogP contribution >= 0.6 is 27.5 Å². The van der Waals surface area contributed by atoms with E-state index in [0.717, 1.165) is 33.5 Å². The quantitative estimate of drug-likeness (QED) is 0.934. The Balaban J connectivity index is 2.10. The Hall–Kier alpha value is -1.06. The number of rotatable bonds is 3. The summed E-state index contributed by atoms with van der Waals surface area (Å²) in [6.45, 7) is 0. The van der Waals surface area contributed by atoms with Crippen molar-refractivity contribution >= 4 is 33.3 Å². The minimum absolute atomic E-state index is 0.598. The monoisotopic (exact) mass is 310 g/mol. The van der Waals surface area contributed by atoms with Crippen molar-refractivity contribution < 1.29 is 0 Å². The van der Waals surface area contributed by atoms with Crippen molar-refractivity contribution in [3.05, 3.63) is 57.2 Å². The lowest BCUT2D eigenvalue weighted by Crippen LogP contribution is -1.99. The van der Waals surface area contributed by atoms with Crippen molar-refractivity contribution in [1.82, 2.24) is 4.98 Å². The van der Waals surface area contributed by atoms with E-state index < -0.39 is 0 Å². The van der Waals surface area contributed by atoms with Gasteiger partial charge < -0.3 is 5.73 Å². The van der Waals surface area contributed by atoms with E-state index in [1.54, 1.807) is 6.20 Å². The van der Waals surface area contributed by atoms with E-state index in [4.69, 9.17) is 17.3 Å². The molecule has 0 atom stereocenters. The van der Waals surface area contributed by atoms with Crippen LogP contribution in [0.3, 0.4) is 0 Å². The highest BCUT2D eigenvalue weighted by molar-refractivity contribution is 9.10. The number of anilines is 1. The third-order valence-corrected chi connectivity index (χ3v) is 3.45. The maximum absolute atomic E-state index is 6.16. The van der Waals surface area contributed by atoms with Gasteiger partial charge in [0.1, 0.15) is 5.82 Å². The molecule has 1 aromatic heterocycles. The molecule has 2 aromatic rings. The van der Waals surface area contributed by atoms with Crippen LogP contribution in [0.15, 0.2) is 41.0 Å². The highest BCUT2D eigenvalue weighted by atomic mass is 79.9. The van der Waals surface area contributed by atoms with Gasteiger partial charge in [-0.25, -0.2) is 4.98 Å². The molecule has 0 saturated heterocycles. The zero-order valence-electron chi connectivity index (χ0n) is 9.16. The number of nitrogen functional groups attached to an aromatic ring is 1. The van der Waals surface area contributed by atoms with Crippen LogP contribution in [0, 0.1) is 0 Å². The van der Waals surface area contributed by atoms with Gasteiger partial charge in [0.25, 0.3) is 0 Å². The summed E-state index contributed by atoms with van der Waals surface area (Å²) < 4.78 is 0.993. The Morgan fingerprint density at radius 3 is 2.65 bits per heavy atom. The molecule has 1 heterocycles. The van der Waals surface area contributed by atoms with Gasteiger partial charge >= 0.3 is 0 Å². The molecule has 0 fully saturated rings. The van der Waals surface area contributed by atoms with Gasteiger partial charge in [0.05, 0.1) is 0 Å². The summed E-state index contributed by atoms with van der Waals surface area (Å²) >= 11 is 9.55. The van der Waals surface area contributed by atoms with E-state index in [-0.39, 0.29) is 0 Å². The standard InChI is InChI=1S/C13H12BrClN2/c14-11-6-5-9(12(15)8-11)3-4-10-2-1-7-17-13(10)16/h1-2,5-8H,3-4H2,(H2,16,17). The normalized spacial score (nSPS) is 10.5. The molecule has 1 aromatic carbocycles. The molecule has 88 valence electrons. The molecular formula is C13H12BrClN2. The van der Waals surface area contributed by atoms with Gasteiger partial charge in [-0.2, -0.15) is 0 Å². The first-order chi connectivity index (χ1) is 8.16. The Bertz CT molecular complexity index is 529. The smallest absolute Gasteiger partial charge is 0.126 e. The van der Waals surface area contributed by atoms with Crippen LogP contribution in [0.2, 0.25) is 5.02 Å². The first-order valence-corrected chi connectivity index (χ1v) is 6.47. The van der Waals surface area contributed by atoms with Gasteiger partial charge in [-0.3, -0.25) is 0 Å². The van der Waals surface area contributed by atoms with Gasteiger partial charge in [0.15, 0.2) is 0 Å². The maximum atomic E-state index is 6.16. The van der Waals surface area contributed by atoms with Crippen LogP contribution in [0.1, 0.15) is 11.1 Å². The summed E-state index contributed by atoms with van der Waals surface area (Å²) in [6, 6.07) is 9.82. The number of hydrogen-bond acceptors (Lipinski definition) is 2. The topological polar surface area (TPSA) is 38.9 Å². The number of benzene rings is 1. The van der Waals surface area contributed by atoms with Crippen molar-refractivity contribution in [2.75, 3.05) is 5.73 Å². The number of pyridine rings is 1. The van der Waals surface area contributed by atoms with Crippen LogP contribution in [-0.4, -0.2) is 4.98 Å². The Labute approximate surface area is 114 Å². The van der Waals surface area contributed by atoms with Gasteiger partial charge in [-0.1, -0.05) is 39.7 Å². The molecule has 4 heteroatoms.